The zero-order valence-electron chi connectivity index (χ0n) is 25.4. The predicted molar refractivity (Wildman–Crippen MR) is 175 cm³/mol. The first-order chi connectivity index (χ1) is 20.0. The minimum absolute atomic E-state index is 0.00509. The fourth-order valence-electron chi connectivity index (χ4n) is 5.31. The second kappa shape index (κ2) is 18.3. The van der Waals surface area contributed by atoms with Crippen LogP contribution in [-0.2, 0) is 19.6 Å². The van der Waals surface area contributed by atoms with Crippen molar-refractivity contribution in [2.45, 2.75) is 71.3 Å². The van der Waals surface area contributed by atoms with Crippen molar-refractivity contribution in [2.75, 3.05) is 37.4 Å². The van der Waals surface area contributed by atoms with Gasteiger partial charge in [0.2, 0.25) is 10.0 Å². The van der Waals surface area contributed by atoms with Gasteiger partial charge in [-0.3, -0.25) is 4.79 Å². The highest BCUT2D eigenvalue weighted by Crippen LogP contribution is 2.29. The number of carbonyl (C=O) groups excluding carboxylic acids is 1. The van der Waals surface area contributed by atoms with Crippen molar-refractivity contribution in [3.8, 4) is 0 Å². The Labute approximate surface area is 256 Å². The lowest BCUT2D eigenvalue weighted by Gasteiger charge is -2.27. The van der Waals surface area contributed by atoms with Crippen molar-refractivity contribution < 1.29 is 23.1 Å². The van der Waals surface area contributed by atoms with Crippen LogP contribution in [0.15, 0.2) is 54.1 Å². The summed E-state index contributed by atoms with van der Waals surface area (Å²) in [4.78, 5) is 25.3. The van der Waals surface area contributed by atoms with E-state index in [0.717, 1.165) is 36.0 Å². The number of aryl methyl sites for hydroxylation is 1. The van der Waals surface area contributed by atoms with Crippen LogP contribution in [-0.4, -0.2) is 73.1 Å². The molecule has 0 bridgehead atoms. The summed E-state index contributed by atoms with van der Waals surface area (Å²) in [6, 6.07) is 6.57. The van der Waals surface area contributed by atoms with Crippen molar-refractivity contribution in [3.63, 3.8) is 0 Å². The Bertz CT molecular complexity index is 1220. The Morgan fingerprint density at radius 3 is 2.52 bits per heavy atom. The van der Waals surface area contributed by atoms with Crippen LogP contribution >= 0.6 is 11.8 Å². The van der Waals surface area contributed by atoms with E-state index in [1.165, 1.54) is 37.1 Å². The summed E-state index contributed by atoms with van der Waals surface area (Å²) in [6.07, 6.45) is 12.6. The zero-order valence-corrected chi connectivity index (χ0v) is 27.1. The number of hydrogen-bond donors (Lipinski definition) is 3. The SMILES string of the molecule is C=C/C(C(=O)NC(CCSC)C(=O)O)=C(\C=C(/C)CN(CCC1CCCCC1)S(=O)(=O)CCCN)c1ccccc1C. The summed E-state index contributed by atoms with van der Waals surface area (Å²) in [5.41, 5.74) is 8.92. The van der Waals surface area contributed by atoms with Gasteiger partial charge < -0.3 is 16.2 Å². The number of nitrogens with zero attached hydrogens (tertiary/aromatic N) is 1. The van der Waals surface area contributed by atoms with E-state index in [4.69, 9.17) is 5.73 Å². The molecular weight excluding hydrogens is 571 g/mol. The average Bonchev–Trinajstić information content (AvgIpc) is 2.96. The summed E-state index contributed by atoms with van der Waals surface area (Å²) in [5, 5.41) is 12.3. The highest BCUT2D eigenvalue weighted by molar-refractivity contribution is 7.98. The molecule has 1 unspecified atom stereocenters. The Balaban J connectivity index is 2.49. The highest BCUT2D eigenvalue weighted by Gasteiger charge is 2.25. The van der Waals surface area contributed by atoms with Crippen molar-refractivity contribution in [1.29, 1.82) is 0 Å². The average molecular weight is 620 g/mol. The molecule has 1 atom stereocenters. The van der Waals surface area contributed by atoms with E-state index in [0.29, 0.717) is 36.8 Å². The second-order valence-corrected chi connectivity index (χ2v) is 14.1. The maximum atomic E-state index is 13.5. The molecule has 8 nitrogen and oxygen atoms in total. The molecule has 42 heavy (non-hydrogen) atoms. The number of thioether (sulfide) groups is 1. The molecule has 2 rings (SSSR count). The third-order valence-corrected chi connectivity index (χ3v) is 10.3. The van der Waals surface area contributed by atoms with Crippen LogP contribution in [0.5, 0.6) is 0 Å². The van der Waals surface area contributed by atoms with Crippen LogP contribution in [0.25, 0.3) is 5.57 Å². The number of benzene rings is 1. The standard InChI is InChI=1S/C32H49N3O5S2/c1-5-27(31(36)34-30(32(37)38)17-20-41-4)29(28-15-10-9-12-25(28)3)22-24(2)23-35(42(39,40)21-11-18-33)19-16-26-13-7-6-8-14-26/h5,9-10,12,15,22,26,30H,1,6-8,11,13-14,16-21,23,33H2,2-4H3,(H,34,36)(H,37,38)/b24-22+,29-27-. The first kappa shape index (κ1) is 35.8. The van der Waals surface area contributed by atoms with E-state index in [1.807, 2.05) is 50.4 Å². The Morgan fingerprint density at radius 1 is 1.24 bits per heavy atom. The number of carboxylic acid groups (broad SMARTS) is 1. The monoisotopic (exact) mass is 619 g/mol. The second-order valence-electron chi connectivity index (χ2n) is 11.1. The fraction of sp³-hybridized carbons (Fsp3) is 0.562. The lowest BCUT2D eigenvalue weighted by Crippen LogP contribution is -2.41. The minimum Gasteiger partial charge on any atom is -0.480 e. The molecule has 10 heteroatoms. The van der Waals surface area contributed by atoms with E-state index in [1.54, 1.807) is 4.31 Å². The number of aliphatic carboxylic acids is 1. The van der Waals surface area contributed by atoms with Gasteiger partial charge in [-0.15, -0.1) is 0 Å². The first-order valence-corrected chi connectivity index (χ1v) is 17.8. The van der Waals surface area contributed by atoms with Gasteiger partial charge >= 0.3 is 5.97 Å². The van der Waals surface area contributed by atoms with Crippen LogP contribution < -0.4 is 11.1 Å². The summed E-state index contributed by atoms with van der Waals surface area (Å²) < 4.78 is 28.3. The molecule has 0 spiro atoms. The lowest BCUT2D eigenvalue weighted by molar-refractivity contribution is -0.141. The number of sulfonamides is 1. The molecule has 1 aromatic carbocycles. The van der Waals surface area contributed by atoms with Crippen molar-refractivity contribution in [2.24, 2.45) is 11.7 Å². The topological polar surface area (TPSA) is 130 Å². The van der Waals surface area contributed by atoms with Crippen molar-refractivity contribution in [3.05, 3.63) is 65.3 Å². The number of allylic oxidation sites excluding steroid dienone is 2. The largest absolute Gasteiger partial charge is 0.480 e. The summed E-state index contributed by atoms with van der Waals surface area (Å²) in [5.74, 6) is -0.521. The molecule has 1 aromatic rings. The van der Waals surface area contributed by atoms with E-state index in [9.17, 15) is 23.1 Å². The number of nitrogens with two attached hydrogens (primary N) is 1. The minimum atomic E-state index is -3.54. The van der Waals surface area contributed by atoms with Crippen LogP contribution in [0.1, 0.15) is 69.4 Å². The van der Waals surface area contributed by atoms with Gasteiger partial charge in [0.25, 0.3) is 5.91 Å². The normalized spacial score (nSPS) is 16.2. The summed E-state index contributed by atoms with van der Waals surface area (Å²) in [7, 11) is -3.54. The van der Waals surface area contributed by atoms with Gasteiger partial charge in [-0.1, -0.05) is 80.7 Å². The number of hydrogen-bond acceptors (Lipinski definition) is 6. The van der Waals surface area contributed by atoms with E-state index >= 15 is 0 Å². The molecule has 1 aliphatic rings. The number of carboxylic acids is 1. The van der Waals surface area contributed by atoms with Crippen molar-refractivity contribution in [1.82, 2.24) is 9.62 Å². The van der Waals surface area contributed by atoms with Gasteiger partial charge in [-0.2, -0.15) is 16.1 Å². The highest BCUT2D eigenvalue weighted by atomic mass is 32.2. The molecule has 1 saturated carbocycles. The first-order valence-electron chi connectivity index (χ1n) is 14.8. The Hall–Kier alpha value is -2.40. The molecule has 4 N–H and O–H groups in total. The summed E-state index contributed by atoms with van der Waals surface area (Å²) in [6.45, 7) is 8.60. The molecule has 0 saturated heterocycles. The maximum absolute atomic E-state index is 13.5. The van der Waals surface area contributed by atoms with Gasteiger partial charge in [0.1, 0.15) is 6.04 Å². The van der Waals surface area contributed by atoms with Gasteiger partial charge in [-0.25, -0.2) is 13.2 Å². The molecule has 234 valence electrons. The number of nitrogens with one attached hydrogen (secondary N) is 1. The third-order valence-electron chi connectivity index (χ3n) is 7.72. The molecule has 1 fully saturated rings. The van der Waals surface area contributed by atoms with Gasteiger partial charge in [0.15, 0.2) is 0 Å². The maximum Gasteiger partial charge on any atom is 0.326 e. The van der Waals surface area contributed by atoms with Gasteiger partial charge in [-0.05, 0) is 74.3 Å². The van der Waals surface area contributed by atoms with Crippen molar-refractivity contribution >= 4 is 39.2 Å². The molecule has 1 aliphatic carbocycles. The molecular formula is C32H49N3O5S2. The number of carbonyl (C=O) groups is 2. The van der Waals surface area contributed by atoms with Gasteiger partial charge in [0, 0.05) is 18.7 Å². The zero-order chi connectivity index (χ0) is 31.1. The van der Waals surface area contributed by atoms with Gasteiger partial charge in [0.05, 0.1) is 5.75 Å². The van der Waals surface area contributed by atoms with Crippen LogP contribution in [0, 0.1) is 12.8 Å². The smallest absolute Gasteiger partial charge is 0.326 e. The van der Waals surface area contributed by atoms with E-state index in [2.05, 4.69) is 11.9 Å². The molecule has 0 heterocycles. The summed E-state index contributed by atoms with van der Waals surface area (Å²) >= 11 is 1.51. The van der Waals surface area contributed by atoms with Crippen LogP contribution in [0.3, 0.4) is 0 Å². The molecule has 0 radical (unpaired) electrons. The predicted octanol–water partition coefficient (Wildman–Crippen LogP) is 5.15. The third kappa shape index (κ3) is 11.4. The van der Waals surface area contributed by atoms with Crippen LogP contribution in [0.4, 0.5) is 0 Å². The number of rotatable bonds is 18. The quantitative estimate of drug-likeness (QED) is 0.153. The fourth-order valence-corrected chi connectivity index (χ4v) is 7.36. The lowest BCUT2D eigenvalue weighted by atomic mass is 9.87. The molecule has 0 aromatic heterocycles. The van der Waals surface area contributed by atoms with E-state index < -0.39 is 27.9 Å². The Morgan fingerprint density at radius 2 is 1.93 bits per heavy atom. The van der Waals surface area contributed by atoms with Crippen LogP contribution in [0.2, 0.25) is 0 Å². The van der Waals surface area contributed by atoms with E-state index in [-0.39, 0.29) is 24.3 Å². The Kier molecular flexibility index (Phi) is 15.6. The molecule has 1 amide bonds. The molecule has 0 aliphatic heterocycles. The number of amides is 1.